The summed E-state index contributed by atoms with van der Waals surface area (Å²) in [5.74, 6) is -0.176. The van der Waals surface area contributed by atoms with Gasteiger partial charge in [0, 0.05) is 49.1 Å². The normalized spacial score (nSPS) is 15.9. The van der Waals surface area contributed by atoms with Gasteiger partial charge in [0.05, 0.1) is 0 Å². The van der Waals surface area contributed by atoms with Crippen LogP contribution < -0.4 is 10.6 Å². The summed E-state index contributed by atoms with van der Waals surface area (Å²) in [6, 6.07) is 10.2. The first kappa shape index (κ1) is 19.6. The van der Waals surface area contributed by atoms with Crippen molar-refractivity contribution < 1.29 is 14.3 Å². The van der Waals surface area contributed by atoms with Gasteiger partial charge < -0.3 is 15.4 Å². The Kier molecular flexibility index (Phi) is 6.63. The second-order valence-electron chi connectivity index (χ2n) is 7.00. The maximum absolute atomic E-state index is 12.3. The number of hydrogen-bond acceptors (Lipinski definition) is 4. The molecule has 0 bridgehead atoms. The standard InChI is InChI=1S/C21H26N2O3S/c1-16-4-2-3-5-18(16)21(8-11-26-12-9-21)15-23-19(24)6-10-22-20(25)17-7-13-27-14-17/h2-5,7,13-14H,6,8-12,15H2,1H3,(H,22,25)(H,23,24). The molecule has 3 rings (SSSR count). The van der Waals surface area contributed by atoms with Crippen LogP contribution in [0.3, 0.4) is 0 Å². The van der Waals surface area contributed by atoms with Crippen LogP contribution in [0.1, 0.15) is 40.7 Å². The van der Waals surface area contributed by atoms with Crippen molar-refractivity contribution in [3.8, 4) is 0 Å². The minimum atomic E-state index is -0.134. The van der Waals surface area contributed by atoms with Gasteiger partial charge in [0.2, 0.25) is 5.91 Å². The van der Waals surface area contributed by atoms with E-state index < -0.39 is 0 Å². The van der Waals surface area contributed by atoms with Gasteiger partial charge in [0.1, 0.15) is 0 Å². The number of aryl methyl sites for hydroxylation is 1. The van der Waals surface area contributed by atoms with Crippen molar-refractivity contribution in [3.63, 3.8) is 0 Å². The highest BCUT2D eigenvalue weighted by molar-refractivity contribution is 7.08. The Bertz CT molecular complexity index is 767. The highest BCUT2D eigenvalue weighted by Crippen LogP contribution is 2.36. The van der Waals surface area contributed by atoms with Crippen LogP contribution in [0.5, 0.6) is 0 Å². The number of carbonyl (C=O) groups excluding carboxylic acids is 2. The lowest BCUT2D eigenvalue weighted by Crippen LogP contribution is -2.45. The Balaban J connectivity index is 1.53. The van der Waals surface area contributed by atoms with E-state index in [1.165, 1.54) is 22.5 Å². The molecular weight excluding hydrogens is 360 g/mol. The number of hydrogen-bond donors (Lipinski definition) is 2. The second-order valence-corrected chi connectivity index (χ2v) is 7.78. The molecule has 0 spiro atoms. The van der Waals surface area contributed by atoms with Gasteiger partial charge in [0.15, 0.2) is 0 Å². The van der Waals surface area contributed by atoms with Gasteiger partial charge in [-0.2, -0.15) is 11.3 Å². The summed E-state index contributed by atoms with van der Waals surface area (Å²) in [6.07, 6.45) is 2.07. The van der Waals surface area contributed by atoms with Crippen LogP contribution in [0.25, 0.3) is 0 Å². The molecule has 1 saturated heterocycles. The van der Waals surface area contributed by atoms with Crippen molar-refractivity contribution in [3.05, 3.63) is 57.8 Å². The zero-order valence-electron chi connectivity index (χ0n) is 15.6. The minimum absolute atomic E-state index is 0.0416. The molecule has 1 aliphatic rings. The molecule has 2 aromatic rings. The maximum Gasteiger partial charge on any atom is 0.252 e. The summed E-state index contributed by atoms with van der Waals surface area (Å²) >= 11 is 1.48. The Morgan fingerprint density at radius 1 is 1.15 bits per heavy atom. The van der Waals surface area contributed by atoms with Gasteiger partial charge >= 0.3 is 0 Å². The maximum atomic E-state index is 12.3. The molecule has 0 atom stereocenters. The van der Waals surface area contributed by atoms with Gasteiger partial charge in [-0.3, -0.25) is 9.59 Å². The predicted molar refractivity (Wildman–Crippen MR) is 107 cm³/mol. The molecule has 1 aromatic carbocycles. The lowest BCUT2D eigenvalue weighted by Gasteiger charge is -2.39. The lowest BCUT2D eigenvalue weighted by molar-refractivity contribution is -0.121. The van der Waals surface area contributed by atoms with Crippen molar-refractivity contribution in [1.82, 2.24) is 10.6 Å². The molecule has 1 aromatic heterocycles. The first-order valence-electron chi connectivity index (χ1n) is 9.32. The highest BCUT2D eigenvalue weighted by atomic mass is 32.1. The zero-order chi connectivity index (χ0) is 19.1. The zero-order valence-corrected chi connectivity index (χ0v) is 16.4. The van der Waals surface area contributed by atoms with Gasteiger partial charge in [-0.25, -0.2) is 0 Å². The number of thiophene rings is 1. The first-order chi connectivity index (χ1) is 13.1. The third-order valence-electron chi connectivity index (χ3n) is 5.21. The van der Waals surface area contributed by atoms with Gasteiger partial charge in [0.25, 0.3) is 5.91 Å². The quantitative estimate of drug-likeness (QED) is 0.769. The van der Waals surface area contributed by atoms with E-state index in [1.807, 2.05) is 11.4 Å². The summed E-state index contributed by atoms with van der Waals surface area (Å²) in [6.45, 7) is 4.47. The fourth-order valence-electron chi connectivity index (χ4n) is 3.61. The van der Waals surface area contributed by atoms with E-state index in [1.54, 1.807) is 11.4 Å². The second kappa shape index (κ2) is 9.15. The molecule has 2 N–H and O–H groups in total. The van der Waals surface area contributed by atoms with Crippen molar-refractivity contribution in [2.45, 2.75) is 31.6 Å². The molecule has 2 amide bonds. The smallest absolute Gasteiger partial charge is 0.252 e. The monoisotopic (exact) mass is 386 g/mol. The molecule has 27 heavy (non-hydrogen) atoms. The van der Waals surface area contributed by atoms with E-state index in [9.17, 15) is 9.59 Å². The van der Waals surface area contributed by atoms with E-state index in [-0.39, 0.29) is 23.7 Å². The molecule has 6 heteroatoms. The SMILES string of the molecule is Cc1ccccc1C1(CNC(=O)CCNC(=O)c2ccsc2)CCOCC1. The fraction of sp³-hybridized carbons (Fsp3) is 0.429. The lowest BCUT2D eigenvalue weighted by atomic mass is 9.72. The Morgan fingerprint density at radius 3 is 2.63 bits per heavy atom. The summed E-state index contributed by atoms with van der Waals surface area (Å²) in [4.78, 5) is 24.2. The molecular formula is C21H26N2O3S. The van der Waals surface area contributed by atoms with Gasteiger partial charge in [-0.05, 0) is 42.3 Å². The Morgan fingerprint density at radius 2 is 1.93 bits per heavy atom. The van der Waals surface area contributed by atoms with Crippen molar-refractivity contribution in [2.24, 2.45) is 0 Å². The number of amides is 2. The van der Waals surface area contributed by atoms with E-state index in [2.05, 4.69) is 35.8 Å². The van der Waals surface area contributed by atoms with Crippen LogP contribution in [0.2, 0.25) is 0 Å². The topological polar surface area (TPSA) is 67.4 Å². The average molecular weight is 387 g/mol. The fourth-order valence-corrected chi connectivity index (χ4v) is 4.25. The molecule has 0 aliphatic carbocycles. The third kappa shape index (κ3) is 4.96. The molecule has 0 saturated carbocycles. The van der Waals surface area contributed by atoms with E-state index >= 15 is 0 Å². The highest BCUT2D eigenvalue weighted by Gasteiger charge is 2.35. The molecule has 1 fully saturated rings. The van der Waals surface area contributed by atoms with Crippen molar-refractivity contribution in [2.75, 3.05) is 26.3 Å². The first-order valence-corrected chi connectivity index (χ1v) is 10.3. The predicted octanol–water partition coefficient (Wildman–Crippen LogP) is 3.04. The van der Waals surface area contributed by atoms with Crippen LogP contribution in [-0.4, -0.2) is 38.1 Å². The molecule has 144 valence electrons. The molecule has 1 aliphatic heterocycles. The number of carbonyl (C=O) groups is 2. The van der Waals surface area contributed by atoms with Gasteiger partial charge in [-0.15, -0.1) is 0 Å². The van der Waals surface area contributed by atoms with Gasteiger partial charge in [-0.1, -0.05) is 24.3 Å². The van der Waals surface area contributed by atoms with Crippen molar-refractivity contribution in [1.29, 1.82) is 0 Å². The number of ether oxygens (including phenoxy) is 1. The van der Waals surface area contributed by atoms with Crippen LogP contribution in [0, 0.1) is 6.92 Å². The molecule has 0 radical (unpaired) electrons. The Hall–Kier alpha value is -2.18. The summed E-state index contributed by atoms with van der Waals surface area (Å²) < 4.78 is 5.56. The number of benzene rings is 1. The molecule has 2 heterocycles. The third-order valence-corrected chi connectivity index (χ3v) is 5.89. The average Bonchev–Trinajstić information content (AvgIpc) is 3.22. The van der Waals surface area contributed by atoms with Crippen LogP contribution in [0.15, 0.2) is 41.1 Å². The summed E-state index contributed by atoms with van der Waals surface area (Å²) in [5.41, 5.74) is 3.09. The minimum Gasteiger partial charge on any atom is -0.381 e. The number of rotatable bonds is 7. The molecule has 5 nitrogen and oxygen atoms in total. The van der Waals surface area contributed by atoms with Crippen LogP contribution in [0.4, 0.5) is 0 Å². The van der Waals surface area contributed by atoms with E-state index in [0.717, 1.165) is 12.8 Å². The largest absolute Gasteiger partial charge is 0.381 e. The summed E-state index contributed by atoms with van der Waals surface area (Å²) in [5, 5.41) is 9.53. The van der Waals surface area contributed by atoms with Crippen LogP contribution in [-0.2, 0) is 14.9 Å². The molecule has 0 unspecified atom stereocenters. The van der Waals surface area contributed by atoms with Crippen LogP contribution >= 0.6 is 11.3 Å². The summed E-state index contributed by atoms with van der Waals surface area (Å²) in [7, 11) is 0. The Labute approximate surface area is 164 Å². The van der Waals surface area contributed by atoms with E-state index in [4.69, 9.17) is 4.74 Å². The number of nitrogens with one attached hydrogen (secondary N) is 2. The van der Waals surface area contributed by atoms with E-state index in [0.29, 0.717) is 31.9 Å². The van der Waals surface area contributed by atoms with Crippen molar-refractivity contribution >= 4 is 23.2 Å².